The first-order chi connectivity index (χ1) is 10.4. The number of nitrogens with two attached hydrogens (primary N) is 1. The van der Waals surface area contributed by atoms with Crippen molar-refractivity contribution in [2.24, 2.45) is 5.73 Å². The first-order valence-electron chi connectivity index (χ1n) is 6.12. The van der Waals surface area contributed by atoms with Crippen LogP contribution in [0.25, 0.3) is 0 Å². The van der Waals surface area contributed by atoms with Gasteiger partial charge in [0.1, 0.15) is 0 Å². The van der Waals surface area contributed by atoms with Gasteiger partial charge in [0, 0.05) is 6.42 Å². The lowest BCUT2D eigenvalue weighted by Gasteiger charge is -2.19. The molecule has 23 heavy (non-hydrogen) atoms. The summed E-state index contributed by atoms with van der Waals surface area (Å²) in [4.78, 5) is 20.7. The number of halogens is 3. The molecule has 0 spiro atoms. The van der Waals surface area contributed by atoms with Crippen molar-refractivity contribution in [3.05, 3.63) is 29.8 Å². The Morgan fingerprint density at radius 3 is 2.39 bits per heavy atom. The monoisotopic (exact) mass is 353 g/mol. The molecule has 0 heterocycles. The van der Waals surface area contributed by atoms with Crippen LogP contribution in [0.5, 0.6) is 0 Å². The van der Waals surface area contributed by atoms with Crippen LogP contribution in [0.1, 0.15) is 18.4 Å². The molecule has 1 rings (SSSR count). The smallest absolute Gasteiger partial charge is 0.416 e. The summed E-state index contributed by atoms with van der Waals surface area (Å²) >= 11 is 0. The minimum Gasteiger partial charge on any atom is -0.548 e. The summed E-state index contributed by atoms with van der Waals surface area (Å²) in [6, 6.07) is 0.972. The molecule has 3 N–H and O–H groups in total. The molecular formula is C12H12F3N2O5S-. The summed E-state index contributed by atoms with van der Waals surface area (Å²) in [5.74, 6) is -2.70. The zero-order valence-electron chi connectivity index (χ0n) is 11.5. The lowest BCUT2D eigenvalue weighted by atomic mass is 10.2. The second kappa shape index (κ2) is 6.96. The quantitative estimate of drug-likeness (QED) is 0.674. The van der Waals surface area contributed by atoms with Gasteiger partial charge in [-0.1, -0.05) is 6.07 Å². The van der Waals surface area contributed by atoms with Gasteiger partial charge in [0.25, 0.3) is 0 Å². The Morgan fingerprint density at radius 1 is 1.30 bits per heavy atom. The van der Waals surface area contributed by atoms with Crippen LogP contribution < -0.4 is 15.6 Å². The van der Waals surface area contributed by atoms with Crippen LogP contribution in [0.15, 0.2) is 29.2 Å². The van der Waals surface area contributed by atoms with Gasteiger partial charge in [0.15, 0.2) is 0 Å². The second-order valence-corrected chi connectivity index (χ2v) is 6.24. The Morgan fingerprint density at radius 2 is 1.91 bits per heavy atom. The summed E-state index contributed by atoms with van der Waals surface area (Å²) in [6.07, 6.45) is -5.69. The van der Waals surface area contributed by atoms with Crippen molar-refractivity contribution < 1.29 is 36.3 Å². The van der Waals surface area contributed by atoms with E-state index in [1.54, 1.807) is 4.72 Å². The largest absolute Gasteiger partial charge is 0.548 e. The highest BCUT2D eigenvalue weighted by atomic mass is 32.2. The predicted molar refractivity (Wildman–Crippen MR) is 69.0 cm³/mol. The van der Waals surface area contributed by atoms with Crippen LogP contribution in [-0.4, -0.2) is 26.3 Å². The van der Waals surface area contributed by atoms with E-state index in [1.807, 2.05) is 0 Å². The van der Waals surface area contributed by atoms with Gasteiger partial charge in [-0.2, -0.15) is 13.2 Å². The fourth-order valence-corrected chi connectivity index (χ4v) is 2.87. The molecular weight excluding hydrogens is 341 g/mol. The Hall–Kier alpha value is -2.14. The number of nitrogens with one attached hydrogen (secondary N) is 1. The summed E-state index contributed by atoms with van der Waals surface area (Å²) in [6.45, 7) is 0. The number of primary amides is 1. The van der Waals surface area contributed by atoms with Gasteiger partial charge in [0.05, 0.1) is 22.5 Å². The molecule has 0 aliphatic rings. The van der Waals surface area contributed by atoms with Gasteiger partial charge in [-0.15, -0.1) is 0 Å². The fourth-order valence-electron chi connectivity index (χ4n) is 1.61. The molecule has 1 aromatic rings. The van der Waals surface area contributed by atoms with Crippen LogP contribution >= 0.6 is 0 Å². The van der Waals surface area contributed by atoms with Crippen molar-refractivity contribution in [2.45, 2.75) is 30.0 Å². The van der Waals surface area contributed by atoms with Gasteiger partial charge in [0.2, 0.25) is 15.9 Å². The maximum Gasteiger partial charge on any atom is 0.416 e. The van der Waals surface area contributed by atoms with E-state index in [0.29, 0.717) is 12.1 Å². The molecule has 0 aromatic heterocycles. The van der Waals surface area contributed by atoms with Crippen molar-refractivity contribution >= 4 is 21.9 Å². The Labute approximate surface area is 129 Å². The summed E-state index contributed by atoms with van der Waals surface area (Å²) in [5, 5.41) is 10.9. The summed E-state index contributed by atoms with van der Waals surface area (Å²) < 4.78 is 63.4. The minimum absolute atomic E-state index is 0.364. The number of alkyl halides is 3. The van der Waals surface area contributed by atoms with Gasteiger partial charge < -0.3 is 15.6 Å². The third-order valence-corrected chi connectivity index (χ3v) is 4.20. The molecule has 0 aliphatic carbocycles. The van der Waals surface area contributed by atoms with Gasteiger partial charge in [-0.3, -0.25) is 4.79 Å². The minimum atomic E-state index is -4.76. The third-order valence-electron chi connectivity index (χ3n) is 2.73. The zero-order valence-corrected chi connectivity index (χ0v) is 12.3. The number of hydrogen-bond donors (Lipinski definition) is 2. The molecule has 0 saturated heterocycles. The lowest BCUT2D eigenvalue weighted by Crippen LogP contribution is -2.48. The molecule has 0 bridgehead atoms. The Bertz CT molecular complexity index is 703. The Balaban J connectivity index is 3.06. The van der Waals surface area contributed by atoms with Crippen LogP contribution in [-0.2, 0) is 25.8 Å². The fraction of sp³-hybridized carbons (Fsp3) is 0.333. The van der Waals surface area contributed by atoms with E-state index in [-0.39, 0.29) is 0 Å². The normalized spacial score (nSPS) is 13.5. The van der Waals surface area contributed by atoms with Crippen LogP contribution in [0.4, 0.5) is 13.2 Å². The van der Waals surface area contributed by atoms with Crippen molar-refractivity contribution in [2.75, 3.05) is 0 Å². The van der Waals surface area contributed by atoms with Gasteiger partial charge in [-0.05, 0) is 24.6 Å². The number of carboxylic acid groups (broad SMARTS) is 1. The van der Waals surface area contributed by atoms with Crippen molar-refractivity contribution in [3.63, 3.8) is 0 Å². The molecule has 0 fully saturated rings. The van der Waals surface area contributed by atoms with Crippen LogP contribution in [0, 0.1) is 0 Å². The number of hydrogen-bond acceptors (Lipinski definition) is 5. The first kappa shape index (κ1) is 18.9. The summed E-state index contributed by atoms with van der Waals surface area (Å²) in [7, 11) is -4.56. The predicted octanol–water partition coefficient (Wildman–Crippen LogP) is -0.632. The molecule has 0 aliphatic heterocycles. The molecule has 1 amide bonds. The van der Waals surface area contributed by atoms with Crippen molar-refractivity contribution in [1.82, 2.24) is 4.72 Å². The van der Waals surface area contributed by atoms with Crippen LogP contribution in [0.2, 0.25) is 0 Å². The van der Waals surface area contributed by atoms with E-state index >= 15 is 0 Å². The number of carboxylic acids is 1. The molecule has 1 aromatic carbocycles. The highest BCUT2D eigenvalue weighted by Crippen LogP contribution is 2.30. The number of sulfonamides is 1. The third kappa shape index (κ3) is 5.53. The molecule has 0 radical (unpaired) electrons. The highest BCUT2D eigenvalue weighted by Gasteiger charge is 2.32. The van der Waals surface area contributed by atoms with E-state index in [2.05, 4.69) is 0 Å². The second-order valence-electron chi connectivity index (χ2n) is 4.52. The standard InChI is InChI=1S/C12H13F3N2O5S/c13-12(14,15)7-2-1-3-8(6-7)23(21,22)17-9(11(19)20)4-5-10(16)18/h1-3,6,9,17H,4-5H2,(H2,16,18)(H,19,20)/p-1/t9-/m0/s1. The number of rotatable bonds is 7. The van der Waals surface area contributed by atoms with Crippen LogP contribution in [0.3, 0.4) is 0 Å². The van der Waals surface area contributed by atoms with E-state index in [9.17, 15) is 36.3 Å². The van der Waals surface area contributed by atoms with Crippen molar-refractivity contribution in [3.8, 4) is 0 Å². The molecule has 7 nitrogen and oxygen atoms in total. The number of amides is 1. The molecule has 11 heteroatoms. The number of carbonyl (C=O) groups excluding carboxylic acids is 2. The molecule has 128 valence electrons. The van der Waals surface area contributed by atoms with Crippen molar-refractivity contribution in [1.29, 1.82) is 0 Å². The van der Waals surface area contributed by atoms with Gasteiger partial charge in [-0.25, -0.2) is 13.1 Å². The average Bonchev–Trinajstić information content (AvgIpc) is 2.42. The molecule has 0 saturated carbocycles. The lowest BCUT2D eigenvalue weighted by molar-refractivity contribution is -0.308. The first-order valence-corrected chi connectivity index (χ1v) is 7.60. The van der Waals surface area contributed by atoms with E-state index in [0.717, 1.165) is 12.1 Å². The van der Waals surface area contributed by atoms with E-state index < -0.39 is 57.4 Å². The summed E-state index contributed by atoms with van der Waals surface area (Å²) in [5.41, 5.74) is 3.62. The zero-order chi connectivity index (χ0) is 17.8. The number of aliphatic carboxylic acids is 1. The molecule has 1 atom stereocenters. The van der Waals surface area contributed by atoms with Gasteiger partial charge >= 0.3 is 6.18 Å². The topological polar surface area (TPSA) is 129 Å². The SMILES string of the molecule is NC(=O)CC[C@H](NS(=O)(=O)c1cccc(C(F)(F)F)c1)C(=O)[O-]. The highest BCUT2D eigenvalue weighted by molar-refractivity contribution is 7.89. The average molecular weight is 353 g/mol. The number of carbonyl (C=O) groups is 2. The molecule has 0 unspecified atom stereocenters. The number of benzene rings is 1. The Kier molecular flexibility index (Phi) is 5.72. The van der Waals surface area contributed by atoms with E-state index in [1.165, 1.54) is 0 Å². The van der Waals surface area contributed by atoms with E-state index in [4.69, 9.17) is 5.73 Å². The maximum absolute atomic E-state index is 12.6. The maximum atomic E-state index is 12.6.